The molecule has 0 radical (unpaired) electrons. The highest BCUT2D eigenvalue weighted by Crippen LogP contribution is 2.40. The quantitative estimate of drug-likeness (QED) is 0.752. The predicted molar refractivity (Wildman–Crippen MR) is 50.9 cm³/mol. The van der Waals surface area contributed by atoms with Crippen LogP contribution in [-0.2, 0) is 13.0 Å². The van der Waals surface area contributed by atoms with Gasteiger partial charge in [-0.25, -0.2) is 0 Å². The van der Waals surface area contributed by atoms with E-state index in [1.54, 1.807) is 0 Å². The molecule has 76 valence electrons. The number of rotatable bonds is 2. The van der Waals surface area contributed by atoms with Gasteiger partial charge < -0.3 is 9.67 Å². The Morgan fingerprint density at radius 2 is 2.14 bits per heavy atom. The average Bonchev–Trinajstić information content (AvgIpc) is 2.98. The SMILES string of the molecule is OCC1CCc2nnc(C3CC3)n2C1. The second-order valence-corrected chi connectivity index (χ2v) is 4.45. The summed E-state index contributed by atoms with van der Waals surface area (Å²) in [7, 11) is 0. The van der Waals surface area contributed by atoms with Crippen molar-refractivity contribution in [1.82, 2.24) is 14.8 Å². The standard InChI is InChI=1S/C10H15N3O/c14-6-7-1-4-9-11-12-10(8-2-3-8)13(9)5-7/h7-8,14H,1-6H2. The van der Waals surface area contributed by atoms with E-state index in [2.05, 4.69) is 14.8 Å². The molecule has 1 saturated carbocycles. The number of hydrogen-bond donors (Lipinski definition) is 1. The van der Waals surface area contributed by atoms with E-state index in [1.807, 2.05) is 0 Å². The van der Waals surface area contributed by atoms with Gasteiger partial charge in [-0.2, -0.15) is 0 Å². The Bertz CT molecular complexity index is 343. The Hall–Kier alpha value is -0.900. The van der Waals surface area contributed by atoms with Gasteiger partial charge in [0.1, 0.15) is 11.6 Å². The van der Waals surface area contributed by atoms with Gasteiger partial charge in [-0.1, -0.05) is 0 Å². The Balaban J connectivity index is 1.91. The average molecular weight is 193 g/mol. The minimum Gasteiger partial charge on any atom is -0.396 e. The van der Waals surface area contributed by atoms with Crippen LogP contribution in [0.2, 0.25) is 0 Å². The maximum atomic E-state index is 9.15. The molecule has 0 bridgehead atoms. The number of hydrogen-bond acceptors (Lipinski definition) is 3. The van der Waals surface area contributed by atoms with Crippen LogP contribution in [0, 0.1) is 5.92 Å². The first-order valence-corrected chi connectivity index (χ1v) is 5.41. The molecule has 1 aromatic heterocycles. The normalized spacial score (nSPS) is 26.2. The fraction of sp³-hybridized carbons (Fsp3) is 0.800. The molecular weight excluding hydrogens is 178 g/mol. The minimum absolute atomic E-state index is 0.293. The van der Waals surface area contributed by atoms with Crippen molar-refractivity contribution in [2.45, 2.75) is 38.1 Å². The van der Waals surface area contributed by atoms with Crippen molar-refractivity contribution in [1.29, 1.82) is 0 Å². The number of nitrogens with zero attached hydrogens (tertiary/aromatic N) is 3. The molecule has 1 fully saturated rings. The van der Waals surface area contributed by atoms with Gasteiger partial charge in [-0.15, -0.1) is 10.2 Å². The zero-order valence-electron chi connectivity index (χ0n) is 8.19. The van der Waals surface area contributed by atoms with Crippen molar-refractivity contribution >= 4 is 0 Å². The molecule has 0 amide bonds. The zero-order valence-corrected chi connectivity index (χ0v) is 8.19. The van der Waals surface area contributed by atoms with Gasteiger partial charge in [0.05, 0.1) is 0 Å². The lowest BCUT2D eigenvalue weighted by molar-refractivity contribution is 0.189. The number of aromatic nitrogens is 3. The summed E-state index contributed by atoms with van der Waals surface area (Å²) in [5, 5.41) is 17.6. The first kappa shape index (κ1) is 8.41. The van der Waals surface area contributed by atoms with Crippen LogP contribution in [0.25, 0.3) is 0 Å². The smallest absolute Gasteiger partial charge is 0.136 e. The van der Waals surface area contributed by atoms with E-state index in [4.69, 9.17) is 5.11 Å². The van der Waals surface area contributed by atoms with Crippen molar-refractivity contribution in [2.75, 3.05) is 6.61 Å². The van der Waals surface area contributed by atoms with Gasteiger partial charge in [0.2, 0.25) is 0 Å². The first-order chi connectivity index (χ1) is 6.88. The molecule has 3 rings (SSSR count). The van der Waals surface area contributed by atoms with Crippen LogP contribution in [-0.4, -0.2) is 26.5 Å². The van der Waals surface area contributed by atoms with Crippen LogP contribution < -0.4 is 0 Å². The van der Waals surface area contributed by atoms with Gasteiger partial charge in [0.25, 0.3) is 0 Å². The molecule has 0 spiro atoms. The predicted octanol–water partition coefficient (Wildman–Crippen LogP) is 0.710. The molecule has 14 heavy (non-hydrogen) atoms. The fourth-order valence-corrected chi connectivity index (χ4v) is 2.21. The fourth-order valence-electron chi connectivity index (χ4n) is 2.21. The summed E-state index contributed by atoms with van der Waals surface area (Å²) in [5.41, 5.74) is 0. The first-order valence-electron chi connectivity index (χ1n) is 5.41. The Labute approximate surface area is 83.0 Å². The summed E-state index contributed by atoms with van der Waals surface area (Å²) in [6.45, 7) is 1.21. The molecule has 2 aliphatic rings. The Morgan fingerprint density at radius 3 is 2.86 bits per heavy atom. The van der Waals surface area contributed by atoms with E-state index in [9.17, 15) is 0 Å². The third-order valence-corrected chi connectivity index (χ3v) is 3.27. The summed E-state index contributed by atoms with van der Waals surface area (Å²) in [4.78, 5) is 0. The number of aliphatic hydroxyl groups is 1. The summed E-state index contributed by atoms with van der Waals surface area (Å²) in [6, 6.07) is 0. The molecular formula is C10H15N3O. The van der Waals surface area contributed by atoms with E-state index < -0.39 is 0 Å². The van der Waals surface area contributed by atoms with Crippen molar-refractivity contribution in [2.24, 2.45) is 5.92 Å². The molecule has 1 unspecified atom stereocenters. The monoisotopic (exact) mass is 193 g/mol. The van der Waals surface area contributed by atoms with Crippen LogP contribution in [0.5, 0.6) is 0 Å². The van der Waals surface area contributed by atoms with Gasteiger partial charge in [0.15, 0.2) is 0 Å². The lowest BCUT2D eigenvalue weighted by atomic mass is 10.0. The molecule has 1 aliphatic heterocycles. The van der Waals surface area contributed by atoms with E-state index in [0.29, 0.717) is 18.4 Å². The molecule has 1 aromatic rings. The number of aliphatic hydroxyl groups excluding tert-OH is 1. The molecule has 0 aromatic carbocycles. The Kier molecular flexibility index (Phi) is 1.83. The highest BCUT2D eigenvalue weighted by atomic mass is 16.3. The summed E-state index contributed by atoms with van der Waals surface area (Å²) in [5.74, 6) is 3.36. The highest BCUT2D eigenvalue weighted by Gasteiger charge is 2.32. The lowest BCUT2D eigenvalue weighted by Crippen LogP contribution is -2.24. The third kappa shape index (κ3) is 1.25. The van der Waals surface area contributed by atoms with Gasteiger partial charge in [-0.3, -0.25) is 0 Å². The molecule has 1 atom stereocenters. The largest absolute Gasteiger partial charge is 0.396 e. The van der Waals surface area contributed by atoms with Crippen LogP contribution in [0.3, 0.4) is 0 Å². The van der Waals surface area contributed by atoms with Gasteiger partial charge in [-0.05, 0) is 19.3 Å². The zero-order chi connectivity index (χ0) is 9.54. The van der Waals surface area contributed by atoms with E-state index in [1.165, 1.54) is 12.8 Å². The maximum Gasteiger partial charge on any atom is 0.136 e. The summed E-state index contributed by atoms with van der Waals surface area (Å²) >= 11 is 0. The molecule has 2 heterocycles. The van der Waals surface area contributed by atoms with Crippen LogP contribution >= 0.6 is 0 Å². The van der Waals surface area contributed by atoms with E-state index in [-0.39, 0.29) is 0 Å². The minimum atomic E-state index is 0.293. The van der Waals surface area contributed by atoms with Crippen molar-refractivity contribution in [3.8, 4) is 0 Å². The number of aryl methyl sites for hydroxylation is 1. The second-order valence-electron chi connectivity index (χ2n) is 4.45. The summed E-state index contributed by atoms with van der Waals surface area (Å²) in [6.07, 6.45) is 4.56. The second kappa shape index (κ2) is 3.05. The molecule has 0 saturated heterocycles. The topological polar surface area (TPSA) is 50.9 Å². The summed E-state index contributed by atoms with van der Waals surface area (Å²) < 4.78 is 2.24. The molecule has 4 heteroatoms. The molecule has 4 nitrogen and oxygen atoms in total. The molecule has 1 N–H and O–H groups in total. The third-order valence-electron chi connectivity index (χ3n) is 3.27. The van der Waals surface area contributed by atoms with E-state index in [0.717, 1.165) is 31.0 Å². The van der Waals surface area contributed by atoms with Crippen LogP contribution in [0.1, 0.15) is 36.8 Å². The van der Waals surface area contributed by atoms with Crippen molar-refractivity contribution in [3.05, 3.63) is 11.6 Å². The molecule has 1 aliphatic carbocycles. The van der Waals surface area contributed by atoms with Crippen molar-refractivity contribution in [3.63, 3.8) is 0 Å². The van der Waals surface area contributed by atoms with Crippen molar-refractivity contribution < 1.29 is 5.11 Å². The lowest BCUT2D eigenvalue weighted by Gasteiger charge is -2.22. The Morgan fingerprint density at radius 1 is 1.29 bits per heavy atom. The van der Waals surface area contributed by atoms with Gasteiger partial charge >= 0.3 is 0 Å². The number of fused-ring (bicyclic) bond motifs is 1. The maximum absolute atomic E-state index is 9.15. The van der Waals surface area contributed by atoms with E-state index >= 15 is 0 Å². The van der Waals surface area contributed by atoms with Crippen LogP contribution in [0.15, 0.2) is 0 Å². The van der Waals surface area contributed by atoms with Crippen LogP contribution in [0.4, 0.5) is 0 Å². The highest BCUT2D eigenvalue weighted by molar-refractivity contribution is 5.10. The van der Waals surface area contributed by atoms with Gasteiger partial charge in [0, 0.05) is 31.4 Å².